The van der Waals surface area contributed by atoms with Crippen LogP contribution in [0.4, 0.5) is 9.18 Å². The summed E-state index contributed by atoms with van der Waals surface area (Å²) < 4.78 is 26.2. The summed E-state index contributed by atoms with van der Waals surface area (Å²) in [5.41, 5.74) is 0.949. The van der Waals surface area contributed by atoms with Crippen molar-refractivity contribution in [2.24, 2.45) is 11.8 Å². The molecule has 1 aliphatic carbocycles. The second kappa shape index (κ2) is 11.9. The van der Waals surface area contributed by atoms with Crippen LogP contribution in [0, 0.1) is 17.7 Å². The van der Waals surface area contributed by atoms with Gasteiger partial charge in [-0.1, -0.05) is 6.08 Å². The molecule has 2 amide bonds. The van der Waals surface area contributed by atoms with E-state index < -0.39 is 11.7 Å². The molecule has 35 heavy (non-hydrogen) atoms. The van der Waals surface area contributed by atoms with E-state index in [1.54, 1.807) is 24.0 Å². The number of allylic oxidation sites excluding steroid dienone is 2. The Balaban J connectivity index is 1.46. The fourth-order valence-corrected chi connectivity index (χ4v) is 4.38. The zero-order valence-electron chi connectivity index (χ0n) is 21.3. The Morgan fingerprint density at radius 2 is 1.94 bits per heavy atom. The predicted molar refractivity (Wildman–Crippen MR) is 132 cm³/mol. The average molecular weight is 491 g/mol. The van der Waals surface area contributed by atoms with Gasteiger partial charge in [-0.05, 0) is 83.4 Å². The summed E-state index contributed by atoms with van der Waals surface area (Å²) in [6, 6.07) is 4.96. The number of amides is 2. The summed E-state index contributed by atoms with van der Waals surface area (Å²) in [6.45, 7) is 9.18. The number of hydrogen-bond donors (Lipinski definition) is 2. The number of hydrogen-bond acceptors (Lipinski definition) is 5. The van der Waals surface area contributed by atoms with Crippen molar-refractivity contribution >= 4 is 17.6 Å². The lowest BCUT2D eigenvalue weighted by Gasteiger charge is -2.33. The van der Waals surface area contributed by atoms with Gasteiger partial charge in [0.2, 0.25) is 5.91 Å². The molecule has 0 aromatic heterocycles. The van der Waals surface area contributed by atoms with E-state index in [1.165, 1.54) is 6.07 Å². The quantitative estimate of drug-likeness (QED) is 0.586. The minimum absolute atomic E-state index is 0.0673. The van der Waals surface area contributed by atoms with Crippen LogP contribution in [-0.2, 0) is 9.53 Å². The molecule has 0 spiro atoms. The van der Waals surface area contributed by atoms with Crippen LogP contribution in [0.1, 0.15) is 65.4 Å². The minimum Gasteiger partial charge on any atom is -0.493 e. The van der Waals surface area contributed by atoms with Crippen molar-refractivity contribution in [2.75, 3.05) is 26.2 Å². The number of carbonyl (C=O) groups excluding carboxylic acids is 2. The van der Waals surface area contributed by atoms with Gasteiger partial charge >= 0.3 is 6.09 Å². The van der Waals surface area contributed by atoms with Gasteiger partial charge in [0.1, 0.15) is 17.2 Å². The summed E-state index contributed by atoms with van der Waals surface area (Å²) in [7, 11) is 0. The van der Waals surface area contributed by atoms with Crippen LogP contribution < -0.4 is 10.1 Å². The Kier molecular flexibility index (Phi) is 9.16. The number of nitrogens with zero attached hydrogens (tertiary/aromatic N) is 1. The number of halogens is 1. The topological polar surface area (TPSA) is 88.1 Å². The molecule has 3 rings (SSSR count). The molecule has 1 heterocycles. The van der Waals surface area contributed by atoms with Crippen LogP contribution in [0.2, 0.25) is 0 Å². The van der Waals surface area contributed by atoms with Gasteiger partial charge in [0.15, 0.2) is 0 Å². The highest BCUT2D eigenvalue weighted by atomic mass is 19.1. The lowest BCUT2D eigenvalue weighted by Crippen LogP contribution is -2.42. The minimum atomic E-state index is -0.575. The van der Waals surface area contributed by atoms with Crippen molar-refractivity contribution in [3.63, 3.8) is 0 Å². The molecular weight excluding hydrogens is 451 g/mol. The Morgan fingerprint density at radius 1 is 1.23 bits per heavy atom. The largest absolute Gasteiger partial charge is 0.493 e. The molecule has 2 aliphatic rings. The van der Waals surface area contributed by atoms with Crippen molar-refractivity contribution in [1.82, 2.24) is 10.2 Å². The highest BCUT2D eigenvalue weighted by molar-refractivity contribution is 5.80. The summed E-state index contributed by atoms with van der Waals surface area (Å²) in [6.07, 6.45) is 4.55. The number of piperidine rings is 1. The number of likely N-dealkylation sites (tertiary alicyclic amines) is 1. The zero-order chi connectivity index (χ0) is 25.6. The smallest absolute Gasteiger partial charge is 0.410 e. The van der Waals surface area contributed by atoms with Crippen LogP contribution in [0.5, 0.6) is 5.75 Å². The SMILES string of the molecule is C[C@@H](O)CNC(=O)C1CC=C(c2ccc(OCC3CCN(C(=O)OC(C)(C)C)CC3)cc2F)CC1. The third kappa shape index (κ3) is 8.23. The third-order valence-corrected chi connectivity index (χ3v) is 6.39. The van der Waals surface area contributed by atoms with Crippen LogP contribution in [0.15, 0.2) is 24.3 Å². The summed E-state index contributed by atoms with van der Waals surface area (Å²) in [4.78, 5) is 26.1. The Hall–Kier alpha value is -2.61. The molecular formula is C27H39FN2O5. The van der Waals surface area contributed by atoms with Crippen LogP contribution in [-0.4, -0.2) is 60.0 Å². The van der Waals surface area contributed by atoms with Crippen molar-refractivity contribution in [2.45, 2.75) is 71.5 Å². The first-order chi connectivity index (χ1) is 16.5. The fraction of sp³-hybridized carbons (Fsp3) is 0.630. The van der Waals surface area contributed by atoms with Crippen molar-refractivity contribution < 1.29 is 28.6 Å². The Morgan fingerprint density at radius 3 is 2.51 bits per heavy atom. The fourth-order valence-electron chi connectivity index (χ4n) is 4.38. The van der Waals surface area contributed by atoms with E-state index in [9.17, 15) is 19.1 Å². The molecule has 1 aromatic carbocycles. The monoisotopic (exact) mass is 490 g/mol. The molecule has 8 heteroatoms. The molecule has 1 aromatic rings. The highest BCUT2D eigenvalue weighted by Crippen LogP contribution is 2.33. The number of benzene rings is 1. The Bertz CT molecular complexity index is 917. The standard InChI is InChI=1S/C27H39FN2O5/c1-18(31)16-29-25(32)21-7-5-20(6-8-21)23-10-9-22(15-24(23)28)34-17-19-11-13-30(14-12-19)26(33)35-27(2,3)4/h5,9-10,15,18-19,21,31H,6-8,11-14,16-17H2,1-4H3,(H,29,32)/t18-,21?/m1/s1. The molecule has 2 N–H and O–H groups in total. The lowest BCUT2D eigenvalue weighted by molar-refractivity contribution is -0.125. The zero-order valence-corrected chi connectivity index (χ0v) is 21.3. The van der Waals surface area contributed by atoms with Crippen molar-refractivity contribution in [1.29, 1.82) is 0 Å². The average Bonchev–Trinajstić information content (AvgIpc) is 2.80. The summed E-state index contributed by atoms with van der Waals surface area (Å²) in [5, 5.41) is 12.1. The number of rotatable bonds is 7. The van der Waals surface area contributed by atoms with E-state index in [-0.39, 0.29) is 30.3 Å². The van der Waals surface area contributed by atoms with Gasteiger partial charge in [-0.25, -0.2) is 9.18 Å². The van der Waals surface area contributed by atoms with Crippen LogP contribution >= 0.6 is 0 Å². The van der Waals surface area contributed by atoms with Crippen LogP contribution in [0.3, 0.4) is 0 Å². The lowest BCUT2D eigenvalue weighted by atomic mass is 9.86. The van der Waals surface area contributed by atoms with Gasteiger partial charge in [0, 0.05) is 37.2 Å². The van der Waals surface area contributed by atoms with E-state index in [0.717, 1.165) is 18.4 Å². The first kappa shape index (κ1) is 27.0. The van der Waals surface area contributed by atoms with E-state index in [1.807, 2.05) is 26.8 Å². The molecule has 0 bridgehead atoms. The molecule has 0 saturated carbocycles. The van der Waals surface area contributed by atoms with Gasteiger partial charge in [-0.15, -0.1) is 0 Å². The number of aliphatic hydroxyl groups is 1. The summed E-state index contributed by atoms with van der Waals surface area (Å²) >= 11 is 0. The van der Waals surface area contributed by atoms with E-state index in [2.05, 4.69) is 5.32 Å². The molecule has 0 radical (unpaired) electrons. The van der Waals surface area contributed by atoms with E-state index in [0.29, 0.717) is 56.2 Å². The maximum atomic E-state index is 14.9. The molecule has 1 fully saturated rings. The van der Waals surface area contributed by atoms with Crippen LogP contribution in [0.25, 0.3) is 5.57 Å². The molecule has 1 aliphatic heterocycles. The van der Waals surface area contributed by atoms with Gasteiger partial charge in [0.25, 0.3) is 0 Å². The predicted octanol–water partition coefficient (Wildman–Crippen LogP) is 4.53. The molecule has 7 nitrogen and oxygen atoms in total. The first-order valence-corrected chi connectivity index (χ1v) is 12.6. The molecule has 194 valence electrons. The second-order valence-corrected chi connectivity index (χ2v) is 10.7. The van der Waals surface area contributed by atoms with E-state index >= 15 is 0 Å². The maximum absolute atomic E-state index is 14.9. The number of nitrogens with one attached hydrogen (secondary N) is 1. The van der Waals surface area contributed by atoms with Gasteiger partial charge in [0.05, 0.1) is 12.7 Å². The third-order valence-electron chi connectivity index (χ3n) is 6.39. The Labute approximate surface area is 207 Å². The first-order valence-electron chi connectivity index (χ1n) is 12.6. The van der Waals surface area contributed by atoms with E-state index in [4.69, 9.17) is 9.47 Å². The molecule has 2 atom stereocenters. The molecule has 1 unspecified atom stereocenters. The molecule has 1 saturated heterocycles. The second-order valence-electron chi connectivity index (χ2n) is 10.7. The van der Waals surface area contributed by atoms with Crippen molar-refractivity contribution in [3.8, 4) is 5.75 Å². The number of aliphatic hydroxyl groups excluding tert-OH is 1. The summed E-state index contributed by atoms with van der Waals surface area (Å²) in [5.74, 6) is 0.250. The normalized spacial score (nSPS) is 20.1. The van der Waals surface area contributed by atoms with Gasteiger partial charge in [-0.3, -0.25) is 4.79 Å². The van der Waals surface area contributed by atoms with Crippen molar-refractivity contribution in [3.05, 3.63) is 35.7 Å². The van der Waals surface area contributed by atoms with Gasteiger partial charge < -0.3 is 24.8 Å². The highest BCUT2D eigenvalue weighted by Gasteiger charge is 2.27. The number of carbonyl (C=O) groups is 2. The van der Waals surface area contributed by atoms with Gasteiger partial charge in [-0.2, -0.15) is 0 Å². The number of ether oxygens (including phenoxy) is 2. The maximum Gasteiger partial charge on any atom is 0.410 e.